The van der Waals surface area contributed by atoms with Crippen LogP contribution in [0.3, 0.4) is 0 Å². The maximum Gasteiger partial charge on any atom is 0.293 e. The molecule has 7 heteroatoms. The fourth-order valence-corrected chi connectivity index (χ4v) is 3.93. The fraction of sp³-hybridized carbons (Fsp3) is 0.211. The first-order valence-electron chi connectivity index (χ1n) is 8.34. The fourth-order valence-electron chi connectivity index (χ4n) is 2.91. The van der Waals surface area contributed by atoms with Crippen molar-refractivity contribution < 1.29 is 14.0 Å². The third-order valence-corrected chi connectivity index (χ3v) is 5.25. The van der Waals surface area contributed by atoms with Gasteiger partial charge in [0.25, 0.3) is 5.91 Å². The lowest BCUT2D eigenvalue weighted by Gasteiger charge is -2.26. The highest BCUT2D eigenvalue weighted by Gasteiger charge is 2.25. The molecule has 4 rings (SSSR count). The maximum absolute atomic E-state index is 12.5. The zero-order valence-corrected chi connectivity index (χ0v) is 14.8. The van der Waals surface area contributed by atoms with Crippen molar-refractivity contribution in [2.45, 2.75) is 19.4 Å². The molecule has 0 aliphatic carbocycles. The maximum atomic E-state index is 12.5. The number of fused-ring (bicyclic) bond motifs is 1. The average Bonchev–Trinajstić information content (AvgIpc) is 3.31. The van der Waals surface area contributed by atoms with E-state index in [0.29, 0.717) is 31.1 Å². The zero-order chi connectivity index (χ0) is 17.9. The number of anilines is 1. The third-order valence-electron chi connectivity index (χ3n) is 4.25. The van der Waals surface area contributed by atoms with Gasteiger partial charge in [-0.05, 0) is 17.7 Å². The van der Waals surface area contributed by atoms with Gasteiger partial charge in [0.2, 0.25) is 5.91 Å². The minimum absolute atomic E-state index is 0.108. The number of aromatic nitrogens is 1. The Bertz CT molecular complexity index is 919. The highest BCUT2D eigenvalue weighted by atomic mass is 32.1. The smallest absolute Gasteiger partial charge is 0.293 e. The standard InChI is InChI=1S/C19H17N3O3S/c23-17(11-13-5-2-1-3-6-13)22-9-8-14-16(12-22)26-19(20-14)21-18(24)15-7-4-10-25-15/h1-7,10H,8-9,11-12H2,(H,20,21,24). The molecule has 0 saturated carbocycles. The van der Waals surface area contributed by atoms with Crippen molar-refractivity contribution in [2.75, 3.05) is 11.9 Å². The summed E-state index contributed by atoms with van der Waals surface area (Å²) in [7, 11) is 0. The first-order valence-corrected chi connectivity index (χ1v) is 9.16. The number of benzene rings is 1. The normalized spacial score (nSPS) is 13.3. The molecule has 2 aromatic heterocycles. The second-order valence-electron chi connectivity index (χ2n) is 6.05. The van der Waals surface area contributed by atoms with E-state index < -0.39 is 0 Å². The van der Waals surface area contributed by atoms with Crippen molar-refractivity contribution in [3.05, 3.63) is 70.6 Å². The van der Waals surface area contributed by atoms with Gasteiger partial charge in [0.1, 0.15) is 0 Å². The molecule has 0 saturated heterocycles. The van der Waals surface area contributed by atoms with E-state index in [9.17, 15) is 9.59 Å². The van der Waals surface area contributed by atoms with Crippen LogP contribution < -0.4 is 5.32 Å². The molecule has 2 amide bonds. The van der Waals surface area contributed by atoms with E-state index in [1.54, 1.807) is 12.1 Å². The number of thiazole rings is 1. The molecule has 0 atom stereocenters. The number of hydrogen-bond donors (Lipinski definition) is 1. The Hall–Kier alpha value is -2.93. The molecule has 1 aliphatic rings. The van der Waals surface area contributed by atoms with Crippen molar-refractivity contribution in [2.24, 2.45) is 0 Å². The average molecular weight is 367 g/mol. The summed E-state index contributed by atoms with van der Waals surface area (Å²) < 4.78 is 5.09. The molecule has 1 N–H and O–H groups in total. The van der Waals surface area contributed by atoms with E-state index in [4.69, 9.17) is 4.42 Å². The molecular weight excluding hydrogens is 350 g/mol. The van der Waals surface area contributed by atoms with Gasteiger partial charge in [0.05, 0.1) is 24.9 Å². The van der Waals surface area contributed by atoms with Gasteiger partial charge in [0, 0.05) is 17.8 Å². The molecule has 0 radical (unpaired) electrons. The second-order valence-corrected chi connectivity index (χ2v) is 7.13. The molecule has 1 aromatic carbocycles. The molecule has 26 heavy (non-hydrogen) atoms. The monoisotopic (exact) mass is 367 g/mol. The number of rotatable bonds is 4. The molecular formula is C19H17N3O3S. The summed E-state index contributed by atoms with van der Waals surface area (Å²) in [5, 5.41) is 3.29. The minimum atomic E-state index is -0.321. The van der Waals surface area contributed by atoms with E-state index in [1.165, 1.54) is 17.6 Å². The Morgan fingerprint density at radius 2 is 2.04 bits per heavy atom. The largest absolute Gasteiger partial charge is 0.459 e. The van der Waals surface area contributed by atoms with Gasteiger partial charge >= 0.3 is 0 Å². The van der Waals surface area contributed by atoms with Crippen LogP contribution in [0.15, 0.2) is 53.1 Å². The van der Waals surface area contributed by atoms with E-state index >= 15 is 0 Å². The van der Waals surface area contributed by atoms with Crippen LogP contribution in [0.5, 0.6) is 0 Å². The second kappa shape index (κ2) is 7.13. The summed E-state index contributed by atoms with van der Waals surface area (Å²) in [5.41, 5.74) is 1.97. The molecule has 0 unspecified atom stereocenters. The van der Waals surface area contributed by atoms with Crippen LogP contribution in [0.25, 0.3) is 0 Å². The number of hydrogen-bond acceptors (Lipinski definition) is 5. The van der Waals surface area contributed by atoms with Crippen LogP contribution in [0.4, 0.5) is 5.13 Å². The molecule has 3 aromatic rings. The summed E-state index contributed by atoms with van der Waals surface area (Å²) in [4.78, 5) is 32.0. The molecule has 3 heterocycles. The van der Waals surface area contributed by atoms with Crippen LogP contribution in [0, 0.1) is 0 Å². The van der Waals surface area contributed by atoms with Crippen molar-refractivity contribution >= 4 is 28.3 Å². The summed E-state index contributed by atoms with van der Waals surface area (Å²) in [6.45, 7) is 1.18. The summed E-state index contributed by atoms with van der Waals surface area (Å²) >= 11 is 1.41. The van der Waals surface area contributed by atoms with Crippen LogP contribution >= 0.6 is 11.3 Å². The van der Waals surface area contributed by atoms with E-state index in [1.807, 2.05) is 35.2 Å². The van der Waals surface area contributed by atoms with Gasteiger partial charge in [-0.2, -0.15) is 0 Å². The number of nitrogens with zero attached hydrogens (tertiary/aromatic N) is 2. The third kappa shape index (κ3) is 3.52. The Balaban J connectivity index is 1.41. The highest BCUT2D eigenvalue weighted by Crippen LogP contribution is 2.29. The lowest BCUT2D eigenvalue weighted by atomic mass is 10.1. The Kier molecular flexibility index (Phi) is 4.53. The quantitative estimate of drug-likeness (QED) is 0.769. The van der Waals surface area contributed by atoms with Crippen LogP contribution in [0.2, 0.25) is 0 Å². The number of nitrogens with one attached hydrogen (secondary N) is 1. The summed E-state index contributed by atoms with van der Waals surface area (Å²) in [6.07, 6.45) is 2.55. The van der Waals surface area contributed by atoms with Crippen molar-refractivity contribution in [3.63, 3.8) is 0 Å². The highest BCUT2D eigenvalue weighted by molar-refractivity contribution is 7.15. The van der Waals surface area contributed by atoms with Gasteiger partial charge < -0.3 is 9.32 Å². The number of carbonyl (C=O) groups excluding carboxylic acids is 2. The van der Waals surface area contributed by atoms with Crippen molar-refractivity contribution in [1.29, 1.82) is 0 Å². The molecule has 132 valence electrons. The first-order chi connectivity index (χ1) is 12.7. The molecule has 6 nitrogen and oxygen atoms in total. The lowest BCUT2D eigenvalue weighted by Crippen LogP contribution is -2.36. The van der Waals surface area contributed by atoms with Gasteiger partial charge in [0.15, 0.2) is 10.9 Å². The molecule has 0 spiro atoms. The first kappa shape index (κ1) is 16.5. The Morgan fingerprint density at radius 3 is 2.81 bits per heavy atom. The lowest BCUT2D eigenvalue weighted by molar-refractivity contribution is -0.131. The van der Waals surface area contributed by atoms with Crippen molar-refractivity contribution in [1.82, 2.24) is 9.88 Å². The number of furan rings is 1. The SMILES string of the molecule is O=C(Nc1nc2c(s1)CN(C(=O)Cc1ccccc1)CC2)c1ccco1. The van der Waals surface area contributed by atoms with Gasteiger partial charge in [-0.25, -0.2) is 4.98 Å². The number of amides is 2. The van der Waals surface area contributed by atoms with Crippen LogP contribution in [0.1, 0.15) is 26.7 Å². The van der Waals surface area contributed by atoms with Gasteiger partial charge in [-0.15, -0.1) is 0 Å². The van der Waals surface area contributed by atoms with E-state index in [-0.39, 0.29) is 17.6 Å². The molecule has 1 aliphatic heterocycles. The number of carbonyl (C=O) groups is 2. The Labute approximate surface area is 154 Å². The van der Waals surface area contributed by atoms with Gasteiger partial charge in [-0.1, -0.05) is 41.7 Å². The molecule has 0 fully saturated rings. The predicted octanol–water partition coefficient (Wildman–Crippen LogP) is 3.12. The summed E-state index contributed by atoms with van der Waals surface area (Å²) in [5.74, 6) is 0.0346. The van der Waals surface area contributed by atoms with Crippen LogP contribution in [-0.4, -0.2) is 28.2 Å². The van der Waals surface area contributed by atoms with Crippen molar-refractivity contribution in [3.8, 4) is 0 Å². The van der Waals surface area contributed by atoms with E-state index in [0.717, 1.165) is 16.1 Å². The Morgan fingerprint density at radius 1 is 1.19 bits per heavy atom. The summed E-state index contributed by atoms with van der Waals surface area (Å²) in [6, 6.07) is 13.0. The zero-order valence-electron chi connectivity index (χ0n) is 14.0. The molecule has 0 bridgehead atoms. The van der Waals surface area contributed by atoms with E-state index in [2.05, 4.69) is 10.3 Å². The minimum Gasteiger partial charge on any atom is -0.459 e. The van der Waals surface area contributed by atoms with Crippen LogP contribution in [-0.2, 0) is 24.2 Å². The predicted molar refractivity (Wildman–Crippen MR) is 98.0 cm³/mol. The topological polar surface area (TPSA) is 75.4 Å². The van der Waals surface area contributed by atoms with Gasteiger partial charge in [-0.3, -0.25) is 14.9 Å².